The maximum absolute atomic E-state index is 14.3. The maximum atomic E-state index is 14.3. The number of hydrogen-bond acceptors (Lipinski definition) is 3. The van der Waals surface area contributed by atoms with Crippen LogP contribution in [0.5, 0.6) is 0 Å². The summed E-state index contributed by atoms with van der Waals surface area (Å²) >= 11 is 0. The van der Waals surface area contributed by atoms with Crippen molar-refractivity contribution in [2.24, 2.45) is 0 Å². The van der Waals surface area contributed by atoms with Gasteiger partial charge in [0.05, 0.1) is 16.9 Å². The lowest BCUT2D eigenvalue weighted by Gasteiger charge is -2.28. The van der Waals surface area contributed by atoms with E-state index in [1.54, 1.807) is 17.9 Å². The number of carbonyl (C=O) groups excluding carboxylic acids is 1. The van der Waals surface area contributed by atoms with Crippen molar-refractivity contribution in [2.75, 3.05) is 31.5 Å². The van der Waals surface area contributed by atoms with E-state index in [9.17, 15) is 18.0 Å². The van der Waals surface area contributed by atoms with Crippen LogP contribution in [0.1, 0.15) is 15.9 Å². The molecule has 4 nitrogen and oxygen atoms in total. The van der Waals surface area contributed by atoms with Gasteiger partial charge in [0.15, 0.2) is 11.6 Å². The molecule has 1 saturated heterocycles. The van der Waals surface area contributed by atoms with Gasteiger partial charge in [0.1, 0.15) is 5.82 Å². The third-order valence-electron chi connectivity index (χ3n) is 4.11. The van der Waals surface area contributed by atoms with Crippen molar-refractivity contribution < 1.29 is 18.0 Å². The Balaban J connectivity index is 1.99. The Labute approximate surface area is 143 Å². The molecule has 0 aromatic heterocycles. The molecule has 0 radical (unpaired) electrons. The number of nitrogens with one attached hydrogen (secondary N) is 2. The fourth-order valence-electron chi connectivity index (χ4n) is 2.75. The highest BCUT2D eigenvalue weighted by atomic mass is 19.2. The number of amides is 1. The van der Waals surface area contributed by atoms with Gasteiger partial charge in [-0.3, -0.25) is 4.79 Å². The molecule has 1 heterocycles. The number of hydrogen-bond donors (Lipinski definition) is 2. The second-order valence-electron chi connectivity index (χ2n) is 5.93. The SMILES string of the molecule is Cc1ccc(Nc2c(C(=O)N3CCNCC3)ccc(F)c2F)c(F)c1. The monoisotopic (exact) mass is 349 g/mol. The average molecular weight is 349 g/mol. The predicted molar refractivity (Wildman–Crippen MR) is 89.6 cm³/mol. The van der Waals surface area contributed by atoms with Crippen molar-refractivity contribution in [3.05, 3.63) is 58.9 Å². The summed E-state index contributed by atoms with van der Waals surface area (Å²) in [7, 11) is 0. The minimum atomic E-state index is -1.21. The number of benzene rings is 2. The standard InChI is InChI=1S/C18H18F3N3O/c1-11-2-5-15(14(20)10-11)23-17-12(3-4-13(19)16(17)21)18(25)24-8-6-22-7-9-24/h2-5,10,22-23H,6-9H2,1H3. The molecule has 7 heteroatoms. The summed E-state index contributed by atoms with van der Waals surface area (Å²) in [5.41, 5.74) is 0.288. The summed E-state index contributed by atoms with van der Waals surface area (Å²) in [5, 5.41) is 5.66. The molecule has 0 spiro atoms. The fraction of sp³-hybridized carbons (Fsp3) is 0.278. The minimum absolute atomic E-state index is 0.0236. The lowest BCUT2D eigenvalue weighted by molar-refractivity contribution is 0.0736. The van der Waals surface area contributed by atoms with Crippen LogP contribution in [0.4, 0.5) is 24.5 Å². The Bertz CT molecular complexity index is 804. The highest BCUT2D eigenvalue weighted by Crippen LogP contribution is 2.29. The molecule has 1 aliphatic rings. The Morgan fingerprint density at radius 2 is 1.80 bits per heavy atom. The van der Waals surface area contributed by atoms with E-state index in [1.807, 2.05) is 0 Å². The zero-order valence-corrected chi connectivity index (χ0v) is 13.7. The highest BCUT2D eigenvalue weighted by Gasteiger charge is 2.24. The minimum Gasteiger partial charge on any atom is -0.350 e. The number of anilines is 2. The molecule has 0 saturated carbocycles. The predicted octanol–water partition coefficient (Wildman–Crippen LogP) is 3.20. The van der Waals surface area contributed by atoms with Crippen molar-refractivity contribution >= 4 is 17.3 Å². The van der Waals surface area contributed by atoms with Gasteiger partial charge in [-0.05, 0) is 36.8 Å². The van der Waals surface area contributed by atoms with Crippen molar-refractivity contribution in [3.63, 3.8) is 0 Å². The van der Waals surface area contributed by atoms with Crippen LogP contribution < -0.4 is 10.6 Å². The van der Waals surface area contributed by atoms with Crippen LogP contribution in [0.15, 0.2) is 30.3 Å². The van der Waals surface area contributed by atoms with Gasteiger partial charge < -0.3 is 15.5 Å². The van der Waals surface area contributed by atoms with Gasteiger partial charge in [-0.2, -0.15) is 0 Å². The van der Waals surface area contributed by atoms with E-state index in [-0.39, 0.29) is 16.9 Å². The molecule has 0 atom stereocenters. The summed E-state index contributed by atoms with van der Waals surface area (Å²) in [6.07, 6.45) is 0. The number of nitrogens with zero attached hydrogens (tertiary/aromatic N) is 1. The van der Waals surface area contributed by atoms with E-state index in [4.69, 9.17) is 0 Å². The number of halogens is 3. The van der Waals surface area contributed by atoms with Gasteiger partial charge >= 0.3 is 0 Å². The summed E-state index contributed by atoms with van der Waals surface area (Å²) in [5.74, 6) is -3.34. The van der Waals surface area contributed by atoms with E-state index in [2.05, 4.69) is 10.6 Å². The molecule has 0 unspecified atom stereocenters. The molecule has 1 aliphatic heterocycles. The third-order valence-corrected chi connectivity index (χ3v) is 4.11. The maximum Gasteiger partial charge on any atom is 0.256 e. The van der Waals surface area contributed by atoms with Crippen LogP contribution in [-0.4, -0.2) is 37.0 Å². The van der Waals surface area contributed by atoms with Crippen LogP contribution in [0.3, 0.4) is 0 Å². The summed E-state index contributed by atoms with van der Waals surface area (Å²) in [6, 6.07) is 6.46. The van der Waals surface area contributed by atoms with Gasteiger partial charge in [-0.1, -0.05) is 6.07 Å². The average Bonchev–Trinajstić information content (AvgIpc) is 2.61. The Morgan fingerprint density at radius 1 is 1.08 bits per heavy atom. The Hall–Kier alpha value is -2.54. The lowest BCUT2D eigenvalue weighted by Crippen LogP contribution is -2.46. The Kier molecular flexibility index (Phi) is 4.94. The molecule has 1 fully saturated rings. The van der Waals surface area contributed by atoms with Crippen molar-refractivity contribution in [2.45, 2.75) is 6.92 Å². The summed E-state index contributed by atoms with van der Waals surface area (Å²) < 4.78 is 42.1. The second kappa shape index (κ2) is 7.14. The number of aryl methyl sites for hydroxylation is 1. The smallest absolute Gasteiger partial charge is 0.256 e. The van der Waals surface area contributed by atoms with Crippen molar-refractivity contribution in [1.82, 2.24) is 10.2 Å². The van der Waals surface area contributed by atoms with Gasteiger partial charge in [-0.25, -0.2) is 13.2 Å². The largest absolute Gasteiger partial charge is 0.350 e. The fourth-order valence-corrected chi connectivity index (χ4v) is 2.75. The van der Waals surface area contributed by atoms with Crippen molar-refractivity contribution in [1.29, 1.82) is 0 Å². The first-order valence-corrected chi connectivity index (χ1v) is 7.98. The van der Waals surface area contributed by atoms with Gasteiger partial charge in [0.25, 0.3) is 5.91 Å². The van der Waals surface area contributed by atoms with Crippen LogP contribution in [0.2, 0.25) is 0 Å². The summed E-state index contributed by atoms with van der Waals surface area (Å²) in [6.45, 7) is 3.91. The first-order chi connectivity index (χ1) is 12.0. The van der Waals surface area contributed by atoms with E-state index < -0.39 is 23.4 Å². The molecule has 2 aromatic carbocycles. The highest BCUT2D eigenvalue weighted by molar-refractivity contribution is 6.00. The second-order valence-corrected chi connectivity index (χ2v) is 5.93. The molecule has 3 rings (SSSR count). The first kappa shape index (κ1) is 17.3. The van der Waals surface area contributed by atoms with Crippen molar-refractivity contribution in [3.8, 4) is 0 Å². The van der Waals surface area contributed by atoms with E-state index in [1.165, 1.54) is 18.2 Å². The molecule has 0 bridgehead atoms. The van der Waals surface area contributed by atoms with Gasteiger partial charge in [0.2, 0.25) is 0 Å². The molecule has 0 aliphatic carbocycles. The number of rotatable bonds is 3. The third kappa shape index (κ3) is 3.61. The zero-order chi connectivity index (χ0) is 18.0. The lowest BCUT2D eigenvalue weighted by atomic mass is 10.1. The van der Waals surface area contributed by atoms with Crippen LogP contribution in [0.25, 0.3) is 0 Å². The first-order valence-electron chi connectivity index (χ1n) is 7.98. The van der Waals surface area contributed by atoms with Gasteiger partial charge in [-0.15, -0.1) is 0 Å². The van der Waals surface area contributed by atoms with E-state index >= 15 is 0 Å². The van der Waals surface area contributed by atoms with E-state index in [0.29, 0.717) is 31.7 Å². The zero-order valence-electron chi connectivity index (χ0n) is 13.7. The molecule has 2 aromatic rings. The van der Waals surface area contributed by atoms with Crippen LogP contribution in [0, 0.1) is 24.4 Å². The molecular formula is C18H18F3N3O. The van der Waals surface area contributed by atoms with Gasteiger partial charge in [0, 0.05) is 26.2 Å². The normalized spacial score (nSPS) is 14.5. The Morgan fingerprint density at radius 3 is 2.48 bits per heavy atom. The molecular weight excluding hydrogens is 331 g/mol. The summed E-state index contributed by atoms with van der Waals surface area (Å²) in [4.78, 5) is 14.2. The van der Waals surface area contributed by atoms with Crippen LogP contribution in [-0.2, 0) is 0 Å². The van der Waals surface area contributed by atoms with Crippen LogP contribution >= 0.6 is 0 Å². The number of piperazine rings is 1. The molecule has 2 N–H and O–H groups in total. The quantitative estimate of drug-likeness (QED) is 0.894. The molecule has 132 valence electrons. The number of carbonyl (C=O) groups is 1. The molecule has 25 heavy (non-hydrogen) atoms. The topological polar surface area (TPSA) is 44.4 Å². The molecule has 1 amide bonds. The van der Waals surface area contributed by atoms with E-state index in [0.717, 1.165) is 6.07 Å².